The Morgan fingerprint density at radius 2 is 2.07 bits per heavy atom. The zero-order valence-electron chi connectivity index (χ0n) is 8.63. The van der Waals surface area contributed by atoms with Gasteiger partial charge < -0.3 is 4.90 Å². The van der Waals surface area contributed by atoms with Crippen molar-refractivity contribution in [2.24, 2.45) is 10.2 Å². The van der Waals surface area contributed by atoms with Gasteiger partial charge in [-0.25, -0.2) is 0 Å². The molecule has 0 radical (unpaired) electrons. The summed E-state index contributed by atoms with van der Waals surface area (Å²) in [6, 6.07) is 10.4. The lowest BCUT2D eigenvalue weighted by Crippen LogP contribution is -2.28. The summed E-state index contributed by atoms with van der Waals surface area (Å²) in [4.78, 5) is 1.94. The van der Waals surface area contributed by atoms with E-state index < -0.39 is 0 Å². The third-order valence-corrected chi connectivity index (χ3v) is 2.93. The Labute approximate surface area is 94.8 Å². The molecule has 0 N–H and O–H groups in total. The number of hydrogen-bond acceptors (Lipinski definition) is 2. The highest BCUT2D eigenvalue weighted by Gasteiger charge is 2.21. The Hall–Kier alpha value is -1.29. The van der Waals surface area contributed by atoms with Crippen LogP contribution in [0.3, 0.4) is 0 Å². The van der Waals surface area contributed by atoms with Crippen molar-refractivity contribution in [1.29, 1.82) is 0 Å². The van der Waals surface area contributed by atoms with Crippen LogP contribution in [0.1, 0.15) is 12.0 Å². The van der Waals surface area contributed by atoms with Gasteiger partial charge in [0.1, 0.15) is 6.17 Å². The van der Waals surface area contributed by atoms with Gasteiger partial charge >= 0.3 is 0 Å². The van der Waals surface area contributed by atoms with Crippen LogP contribution in [0, 0.1) is 0 Å². The van der Waals surface area contributed by atoms with Gasteiger partial charge in [-0.05, 0) is 30.6 Å². The first-order chi connectivity index (χ1) is 7.27. The SMILES string of the molecule is CN1C(=S)N=NC1CCc1ccccc1. The van der Waals surface area contributed by atoms with Gasteiger partial charge in [-0.1, -0.05) is 30.3 Å². The molecule has 3 nitrogen and oxygen atoms in total. The molecule has 0 aromatic heterocycles. The molecule has 1 aromatic rings. The lowest BCUT2D eigenvalue weighted by Gasteiger charge is -2.16. The molecular formula is C11H13N3S. The Kier molecular flexibility index (Phi) is 3.06. The smallest absolute Gasteiger partial charge is 0.217 e. The van der Waals surface area contributed by atoms with E-state index in [9.17, 15) is 0 Å². The zero-order chi connectivity index (χ0) is 10.7. The number of benzene rings is 1. The molecule has 1 aliphatic rings. The average Bonchev–Trinajstić information content (AvgIpc) is 2.59. The fourth-order valence-corrected chi connectivity index (χ4v) is 1.75. The molecule has 0 saturated heterocycles. The molecule has 1 atom stereocenters. The molecule has 78 valence electrons. The maximum atomic E-state index is 5.02. The van der Waals surface area contributed by atoms with Gasteiger partial charge in [-0.3, -0.25) is 0 Å². The lowest BCUT2D eigenvalue weighted by molar-refractivity contribution is 0.378. The maximum absolute atomic E-state index is 5.02. The second-order valence-corrected chi connectivity index (χ2v) is 3.98. The van der Waals surface area contributed by atoms with E-state index in [0.717, 1.165) is 12.8 Å². The van der Waals surface area contributed by atoms with Crippen LogP contribution in [0.15, 0.2) is 40.6 Å². The Bertz CT molecular complexity index is 375. The van der Waals surface area contributed by atoms with Crippen molar-refractivity contribution in [3.05, 3.63) is 35.9 Å². The summed E-state index contributed by atoms with van der Waals surface area (Å²) >= 11 is 5.02. The largest absolute Gasteiger partial charge is 0.325 e. The van der Waals surface area contributed by atoms with Crippen molar-refractivity contribution in [2.75, 3.05) is 7.05 Å². The van der Waals surface area contributed by atoms with Crippen molar-refractivity contribution in [3.8, 4) is 0 Å². The van der Waals surface area contributed by atoms with Crippen LogP contribution in [0.4, 0.5) is 0 Å². The van der Waals surface area contributed by atoms with E-state index >= 15 is 0 Å². The Morgan fingerprint density at radius 3 is 2.67 bits per heavy atom. The molecule has 1 unspecified atom stereocenters. The van der Waals surface area contributed by atoms with Gasteiger partial charge in [0.05, 0.1) is 0 Å². The average molecular weight is 219 g/mol. The molecule has 2 rings (SSSR count). The number of thiocarbonyl (C=S) groups is 1. The van der Waals surface area contributed by atoms with Gasteiger partial charge in [0, 0.05) is 7.05 Å². The highest BCUT2D eigenvalue weighted by atomic mass is 32.1. The van der Waals surface area contributed by atoms with Crippen molar-refractivity contribution >= 4 is 17.3 Å². The van der Waals surface area contributed by atoms with Crippen LogP contribution in [-0.2, 0) is 6.42 Å². The van der Waals surface area contributed by atoms with Gasteiger partial charge in [0.2, 0.25) is 5.11 Å². The number of hydrogen-bond donors (Lipinski definition) is 0. The summed E-state index contributed by atoms with van der Waals surface area (Å²) < 4.78 is 0. The normalized spacial score (nSPS) is 19.9. The minimum absolute atomic E-state index is 0.123. The summed E-state index contributed by atoms with van der Waals surface area (Å²) in [6.45, 7) is 0. The first kappa shape index (κ1) is 10.2. The van der Waals surface area contributed by atoms with E-state index in [1.807, 2.05) is 18.0 Å². The molecule has 0 fully saturated rings. The second kappa shape index (κ2) is 4.49. The predicted octanol–water partition coefficient (Wildman–Crippen LogP) is 2.63. The molecule has 0 saturated carbocycles. The predicted molar refractivity (Wildman–Crippen MR) is 63.8 cm³/mol. The van der Waals surface area contributed by atoms with E-state index in [0.29, 0.717) is 5.11 Å². The van der Waals surface area contributed by atoms with E-state index in [-0.39, 0.29) is 6.17 Å². The Morgan fingerprint density at radius 1 is 1.33 bits per heavy atom. The topological polar surface area (TPSA) is 28.0 Å². The molecule has 0 amide bonds. The summed E-state index contributed by atoms with van der Waals surface area (Å²) in [7, 11) is 1.94. The zero-order valence-corrected chi connectivity index (χ0v) is 9.44. The van der Waals surface area contributed by atoms with Crippen molar-refractivity contribution in [2.45, 2.75) is 19.0 Å². The summed E-state index contributed by atoms with van der Waals surface area (Å²) in [6.07, 6.45) is 2.10. The van der Waals surface area contributed by atoms with E-state index in [2.05, 4.69) is 34.5 Å². The summed E-state index contributed by atoms with van der Waals surface area (Å²) in [5, 5.41) is 8.61. The standard InChI is InChI=1S/C11H13N3S/c1-14-10(12-13-11(14)15)8-7-9-5-3-2-4-6-9/h2-6,10H,7-8H2,1H3. The molecule has 4 heteroatoms. The van der Waals surface area contributed by atoms with Gasteiger partial charge in [-0.2, -0.15) is 5.11 Å². The fraction of sp³-hybridized carbons (Fsp3) is 0.364. The van der Waals surface area contributed by atoms with Crippen molar-refractivity contribution < 1.29 is 0 Å². The van der Waals surface area contributed by atoms with Crippen LogP contribution in [0.2, 0.25) is 0 Å². The molecule has 1 aromatic carbocycles. The van der Waals surface area contributed by atoms with Crippen LogP contribution >= 0.6 is 12.2 Å². The maximum Gasteiger partial charge on any atom is 0.217 e. The minimum atomic E-state index is 0.123. The highest BCUT2D eigenvalue weighted by Crippen LogP contribution is 2.16. The first-order valence-electron chi connectivity index (χ1n) is 4.99. The monoisotopic (exact) mass is 219 g/mol. The van der Waals surface area contributed by atoms with E-state index in [1.54, 1.807) is 0 Å². The lowest BCUT2D eigenvalue weighted by atomic mass is 10.1. The highest BCUT2D eigenvalue weighted by molar-refractivity contribution is 7.80. The van der Waals surface area contributed by atoms with Gasteiger partial charge in [0.25, 0.3) is 0 Å². The summed E-state index contributed by atoms with van der Waals surface area (Å²) in [5.41, 5.74) is 1.33. The number of rotatable bonds is 3. The third kappa shape index (κ3) is 2.39. The molecular weight excluding hydrogens is 206 g/mol. The minimum Gasteiger partial charge on any atom is -0.325 e. The molecule has 1 heterocycles. The molecule has 15 heavy (non-hydrogen) atoms. The number of aryl methyl sites for hydroxylation is 1. The van der Waals surface area contributed by atoms with Crippen molar-refractivity contribution in [3.63, 3.8) is 0 Å². The van der Waals surface area contributed by atoms with E-state index in [1.165, 1.54) is 5.56 Å². The quantitative estimate of drug-likeness (QED) is 0.731. The fourth-order valence-electron chi connectivity index (χ4n) is 1.58. The van der Waals surface area contributed by atoms with Crippen LogP contribution in [-0.4, -0.2) is 23.2 Å². The second-order valence-electron chi connectivity index (χ2n) is 3.61. The van der Waals surface area contributed by atoms with Crippen LogP contribution < -0.4 is 0 Å². The van der Waals surface area contributed by atoms with Crippen molar-refractivity contribution in [1.82, 2.24) is 4.90 Å². The first-order valence-corrected chi connectivity index (χ1v) is 5.40. The molecule has 0 spiro atoms. The number of nitrogens with zero attached hydrogens (tertiary/aromatic N) is 3. The van der Waals surface area contributed by atoms with Crippen LogP contribution in [0.25, 0.3) is 0 Å². The molecule has 0 bridgehead atoms. The number of azo groups is 1. The van der Waals surface area contributed by atoms with Gasteiger partial charge in [0.15, 0.2) is 0 Å². The van der Waals surface area contributed by atoms with Crippen LogP contribution in [0.5, 0.6) is 0 Å². The Balaban J connectivity index is 1.90. The summed E-state index contributed by atoms with van der Waals surface area (Å²) in [5.74, 6) is 0. The van der Waals surface area contributed by atoms with Gasteiger partial charge in [-0.15, -0.1) is 5.11 Å². The molecule has 1 aliphatic heterocycles. The molecule has 0 aliphatic carbocycles. The third-order valence-electron chi connectivity index (χ3n) is 2.56. The van der Waals surface area contributed by atoms with E-state index in [4.69, 9.17) is 12.2 Å².